The van der Waals surface area contributed by atoms with E-state index >= 15 is 0 Å². The second kappa shape index (κ2) is 8.57. The van der Waals surface area contributed by atoms with Crippen molar-refractivity contribution in [3.63, 3.8) is 0 Å². The molecule has 1 rings (SSSR count). The quantitative estimate of drug-likeness (QED) is 0.510. The van der Waals surface area contributed by atoms with Crippen LogP contribution in [0, 0.1) is 6.92 Å². The van der Waals surface area contributed by atoms with Gasteiger partial charge in [0.15, 0.2) is 5.96 Å². The highest BCUT2D eigenvalue weighted by Gasteiger charge is 2.26. The molecule has 7 heteroatoms. The van der Waals surface area contributed by atoms with E-state index in [2.05, 4.69) is 15.6 Å². The number of furan rings is 1. The van der Waals surface area contributed by atoms with Gasteiger partial charge in [0.1, 0.15) is 17.1 Å². The Morgan fingerprint density at radius 2 is 2.09 bits per heavy atom. The summed E-state index contributed by atoms with van der Waals surface area (Å²) in [6.45, 7) is 6.76. The Bertz CT molecular complexity index is 535. The number of hydrogen-bond acceptors (Lipinski definition) is 4. The number of aliphatic hydroxyl groups is 1. The van der Waals surface area contributed by atoms with Gasteiger partial charge in [-0.05, 0) is 32.9 Å². The van der Waals surface area contributed by atoms with Gasteiger partial charge in [-0.3, -0.25) is 4.79 Å². The van der Waals surface area contributed by atoms with Crippen molar-refractivity contribution in [3.8, 4) is 0 Å². The molecule has 1 aromatic rings. The number of aryl methyl sites for hydroxylation is 1. The van der Waals surface area contributed by atoms with Gasteiger partial charge in [0.2, 0.25) is 5.91 Å². The molecule has 0 aliphatic carbocycles. The fraction of sp³-hybridized carbons (Fsp3) is 0.625. The molecule has 1 aromatic heterocycles. The van der Waals surface area contributed by atoms with E-state index in [0.29, 0.717) is 31.2 Å². The fourth-order valence-corrected chi connectivity index (χ4v) is 1.89. The van der Waals surface area contributed by atoms with E-state index < -0.39 is 5.60 Å². The van der Waals surface area contributed by atoms with Crippen molar-refractivity contribution in [1.82, 2.24) is 15.5 Å². The molecule has 0 fully saturated rings. The number of guanidine groups is 1. The van der Waals surface area contributed by atoms with Crippen LogP contribution in [0.4, 0.5) is 0 Å². The average molecular weight is 324 g/mol. The van der Waals surface area contributed by atoms with Crippen LogP contribution in [-0.2, 0) is 10.4 Å². The van der Waals surface area contributed by atoms with E-state index in [1.54, 1.807) is 32.0 Å². The van der Waals surface area contributed by atoms with E-state index in [-0.39, 0.29) is 12.5 Å². The summed E-state index contributed by atoms with van der Waals surface area (Å²) in [5, 5.41) is 16.7. The number of nitrogens with zero attached hydrogens (tertiary/aromatic N) is 2. The highest BCUT2D eigenvalue weighted by molar-refractivity contribution is 5.81. The van der Waals surface area contributed by atoms with Crippen LogP contribution in [0.25, 0.3) is 0 Å². The van der Waals surface area contributed by atoms with Crippen molar-refractivity contribution in [1.29, 1.82) is 0 Å². The molecular formula is C16H28N4O3. The zero-order valence-electron chi connectivity index (χ0n) is 14.6. The third-order valence-electron chi connectivity index (χ3n) is 3.29. The molecule has 3 N–H and O–H groups in total. The summed E-state index contributed by atoms with van der Waals surface area (Å²) in [5.41, 5.74) is -1.18. The number of carbonyl (C=O) groups excluding carboxylic acids is 1. The molecule has 1 heterocycles. The Kier molecular flexibility index (Phi) is 7.09. The van der Waals surface area contributed by atoms with Crippen LogP contribution in [0.2, 0.25) is 0 Å². The van der Waals surface area contributed by atoms with Crippen molar-refractivity contribution < 1.29 is 14.3 Å². The average Bonchev–Trinajstić information content (AvgIpc) is 2.92. The van der Waals surface area contributed by atoms with Crippen LogP contribution in [0.15, 0.2) is 21.5 Å². The summed E-state index contributed by atoms with van der Waals surface area (Å²) in [6, 6.07) is 3.56. The normalized spacial score (nSPS) is 14.3. The molecule has 0 saturated heterocycles. The topological polar surface area (TPSA) is 90.1 Å². The van der Waals surface area contributed by atoms with Gasteiger partial charge in [0.05, 0.1) is 6.54 Å². The maximum atomic E-state index is 11.6. The SMILES string of the molecule is CCNC(=NCC(C)(O)c1ccc(C)o1)NCCC(=O)N(C)C. The minimum Gasteiger partial charge on any atom is -0.463 e. The minimum atomic E-state index is -1.18. The number of rotatable bonds is 7. The lowest BCUT2D eigenvalue weighted by molar-refractivity contribution is -0.128. The van der Waals surface area contributed by atoms with Gasteiger partial charge in [-0.2, -0.15) is 0 Å². The Morgan fingerprint density at radius 1 is 1.39 bits per heavy atom. The Hall–Kier alpha value is -2.02. The van der Waals surface area contributed by atoms with E-state index in [4.69, 9.17) is 4.42 Å². The van der Waals surface area contributed by atoms with Gasteiger partial charge in [-0.25, -0.2) is 4.99 Å². The molecule has 0 aliphatic heterocycles. The maximum absolute atomic E-state index is 11.6. The molecule has 23 heavy (non-hydrogen) atoms. The van der Waals surface area contributed by atoms with Crippen LogP contribution in [0.1, 0.15) is 31.8 Å². The first-order chi connectivity index (χ1) is 10.8. The lowest BCUT2D eigenvalue weighted by Crippen LogP contribution is -2.40. The summed E-state index contributed by atoms with van der Waals surface area (Å²) in [4.78, 5) is 17.5. The monoisotopic (exact) mass is 324 g/mol. The first-order valence-electron chi connectivity index (χ1n) is 7.78. The molecule has 1 unspecified atom stereocenters. The molecule has 1 atom stereocenters. The maximum Gasteiger partial charge on any atom is 0.223 e. The molecular weight excluding hydrogens is 296 g/mol. The predicted molar refractivity (Wildman–Crippen MR) is 90.3 cm³/mol. The first-order valence-corrected chi connectivity index (χ1v) is 7.78. The van der Waals surface area contributed by atoms with Crippen molar-refractivity contribution >= 4 is 11.9 Å². The van der Waals surface area contributed by atoms with Crippen LogP contribution in [-0.4, -0.2) is 55.6 Å². The van der Waals surface area contributed by atoms with Gasteiger partial charge in [0.25, 0.3) is 0 Å². The fourth-order valence-electron chi connectivity index (χ4n) is 1.89. The summed E-state index contributed by atoms with van der Waals surface area (Å²) in [5.74, 6) is 1.84. The van der Waals surface area contributed by atoms with Gasteiger partial charge in [-0.15, -0.1) is 0 Å². The zero-order chi connectivity index (χ0) is 17.5. The number of hydrogen-bond donors (Lipinski definition) is 3. The van der Waals surface area contributed by atoms with E-state index in [1.807, 2.05) is 19.9 Å². The van der Waals surface area contributed by atoms with E-state index in [9.17, 15) is 9.90 Å². The summed E-state index contributed by atoms with van der Waals surface area (Å²) in [6.07, 6.45) is 0.380. The molecule has 0 aliphatic rings. The molecule has 0 bridgehead atoms. The van der Waals surface area contributed by atoms with Crippen molar-refractivity contribution in [2.75, 3.05) is 33.7 Å². The van der Waals surface area contributed by atoms with Gasteiger partial charge >= 0.3 is 0 Å². The third-order valence-corrected chi connectivity index (χ3v) is 3.29. The smallest absolute Gasteiger partial charge is 0.223 e. The van der Waals surface area contributed by atoms with Crippen LogP contribution in [0.5, 0.6) is 0 Å². The van der Waals surface area contributed by atoms with Crippen LogP contribution in [0.3, 0.4) is 0 Å². The number of aliphatic imine (C=N–C) groups is 1. The Morgan fingerprint density at radius 3 is 2.61 bits per heavy atom. The molecule has 0 spiro atoms. The molecule has 130 valence electrons. The summed E-state index contributed by atoms with van der Waals surface area (Å²) >= 11 is 0. The Balaban J connectivity index is 2.62. The van der Waals surface area contributed by atoms with Crippen molar-refractivity contribution in [2.24, 2.45) is 4.99 Å². The minimum absolute atomic E-state index is 0.0476. The van der Waals surface area contributed by atoms with Crippen molar-refractivity contribution in [3.05, 3.63) is 23.7 Å². The third kappa shape index (κ3) is 6.32. The molecule has 7 nitrogen and oxygen atoms in total. The number of carbonyl (C=O) groups is 1. The van der Waals surface area contributed by atoms with Gasteiger partial charge < -0.3 is 25.1 Å². The van der Waals surface area contributed by atoms with Crippen LogP contribution < -0.4 is 10.6 Å². The molecule has 0 saturated carbocycles. The second-order valence-corrected chi connectivity index (χ2v) is 5.84. The molecule has 1 amide bonds. The second-order valence-electron chi connectivity index (χ2n) is 5.84. The highest BCUT2D eigenvalue weighted by Crippen LogP contribution is 2.22. The van der Waals surface area contributed by atoms with Gasteiger partial charge in [-0.1, -0.05) is 0 Å². The Labute approximate surface area is 137 Å². The van der Waals surface area contributed by atoms with E-state index in [0.717, 1.165) is 5.76 Å². The summed E-state index contributed by atoms with van der Waals surface area (Å²) < 4.78 is 5.47. The standard InChI is InChI=1S/C16H28N4O3/c1-6-17-15(18-10-9-14(21)20(4)5)19-11-16(3,22)13-8-7-12(2)23-13/h7-8,22H,6,9-11H2,1-5H3,(H2,17,18,19). The first kappa shape index (κ1) is 19.0. The van der Waals surface area contributed by atoms with Gasteiger partial charge in [0, 0.05) is 33.6 Å². The zero-order valence-corrected chi connectivity index (χ0v) is 14.6. The summed E-state index contributed by atoms with van der Waals surface area (Å²) in [7, 11) is 3.45. The molecule has 0 aromatic carbocycles. The number of nitrogens with one attached hydrogen (secondary N) is 2. The lowest BCUT2D eigenvalue weighted by atomic mass is 10.0. The predicted octanol–water partition coefficient (Wildman–Crippen LogP) is 0.829. The van der Waals surface area contributed by atoms with Crippen LogP contribution >= 0.6 is 0 Å². The highest BCUT2D eigenvalue weighted by atomic mass is 16.4. The largest absolute Gasteiger partial charge is 0.463 e. The number of amides is 1. The van der Waals surface area contributed by atoms with Crippen molar-refractivity contribution in [2.45, 2.75) is 32.8 Å². The molecule has 0 radical (unpaired) electrons. The van der Waals surface area contributed by atoms with E-state index in [1.165, 1.54) is 0 Å². The lowest BCUT2D eigenvalue weighted by Gasteiger charge is -2.20.